The first-order chi connectivity index (χ1) is 11.1. The molecule has 0 saturated carbocycles. The zero-order valence-corrected chi connectivity index (χ0v) is 15.6. The van der Waals surface area contributed by atoms with Gasteiger partial charge < -0.3 is 9.64 Å². The van der Waals surface area contributed by atoms with Crippen molar-refractivity contribution < 1.29 is 17.9 Å². The SMILES string of the molecule is Cc1ccc(S(=O)(=O)C[C@H]2CCCCN2C(=O)OC(C)(C)C)nc1. The van der Waals surface area contributed by atoms with Crippen molar-refractivity contribution in [2.75, 3.05) is 12.3 Å². The van der Waals surface area contributed by atoms with Crippen LogP contribution in [0.5, 0.6) is 0 Å². The van der Waals surface area contributed by atoms with Gasteiger partial charge in [-0.15, -0.1) is 0 Å². The zero-order chi connectivity index (χ0) is 18.0. The summed E-state index contributed by atoms with van der Waals surface area (Å²) < 4.78 is 30.7. The zero-order valence-electron chi connectivity index (χ0n) is 14.8. The van der Waals surface area contributed by atoms with Crippen LogP contribution in [-0.4, -0.2) is 48.3 Å². The summed E-state index contributed by atoms with van der Waals surface area (Å²) in [4.78, 5) is 18.0. The van der Waals surface area contributed by atoms with E-state index in [1.807, 2.05) is 6.92 Å². The quantitative estimate of drug-likeness (QED) is 0.834. The third-order valence-corrected chi connectivity index (χ3v) is 5.57. The van der Waals surface area contributed by atoms with Gasteiger partial charge in [-0.1, -0.05) is 6.07 Å². The van der Waals surface area contributed by atoms with Gasteiger partial charge in [-0.25, -0.2) is 18.2 Å². The van der Waals surface area contributed by atoms with Crippen LogP contribution in [-0.2, 0) is 14.6 Å². The Bertz CT molecular complexity index is 678. The number of sulfone groups is 1. The average molecular weight is 354 g/mol. The number of likely N-dealkylation sites (tertiary alicyclic amines) is 1. The number of piperidine rings is 1. The molecule has 1 atom stereocenters. The van der Waals surface area contributed by atoms with Crippen LogP contribution in [0.15, 0.2) is 23.4 Å². The van der Waals surface area contributed by atoms with Gasteiger partial charge in [0.05, 0.1) is 5.75 Å². The number of carbonyl (C=O) groups excluding carboxylic acids is 1. The molecule has 0 N–H and O–H groups in total. The van der Waals surface area contributed by atoms with Gasteiger partial charge in [0, 0.05) is 18.8 Å². The Morgan fingerprint density at radius 3 is 2.62 bits per heavy atom. The molecule has 1 aromatic rings. The number of pyridine rings is 1. The normalized spacial score (nSPS) is 19.2. The lowest BCUT2D eigenvalue weighted by molar-refractivity contribution is 0.0124. The highest BCUT2D eigenvalue weighted by atomic mass is 32.2. The van der Waals surface area contributed by atoms with Crippen molar-refractivity contribution in [3.63, 3.8) is 0 Å². The highest BCUT2D eigenvalue weighted by Crippen LogP contribution is 2.23. The molecule has 0 aromatic carbocycles. The van der Waals surface area contributed by atoms with Crippen molar-refractivity contribution in [2.45, 2.75) is 63.6 Å². The van der Waals surface area contributed by atoms with Crippen molar-refractivity contribution in [1.29, 1.82) is 0 Å². The molecule has 1 aromatic heterocycles. The molecular weight excluding hydrogens is 328 g/mol. The van der Waals surface area contributed by atoms with E-state index in [1.54, 1.807) is 37.9 Å². The molecule has 1 saturated heterocycles. The second-order valence-corrected chi connectivity index (χ2v) is 9.26. The van der Waals surface area contributed by atoms with E-state index >= 15 is 0 Å². The number of hydrogen-bond donors (Lipinski definition) is 0. The van der Waals surface area contributed by atoms with Crippen molar-refractivity contribution in [3.8, 4) is 0 Å². The first-order valence-electron chi connectivity index (χ1n) is 8.23. The van der Waals surface area contributed by atoms with Crippen LogP contribution in [0.25, 0.3) is 0 Å². The molecule has 134 valence electrons. The highest BCUT2D eigenvalue weighted by molar-refractivity contribution is 7.91. The molecule has 0 spiro atoms. The van der Waals surface area contributed by atoms with Crippen LogP contribution in [0.3, 0.4) is 0 Å². The predicted octanol–water partition coefficient (Wildman–Crippen LogP) is 2.95. The number of aryl methyl sites for hydroxylation is 1. The lowest BCUT2D eigenvalue weighted by atomic mass is 10.0. The number of rotatable bonds is 3. The van der Waals surface area contributed by atoms with Gasteiger partial charge in [-0.2, -0.15) is 0 Å². The third-order valence-electron chi connectivity index (χ3n) is 3.87. The third kappa shape index (κ3) is 4.93. The van der Waals surface area contributed by atoms with Crippen molar-refractivity contribution in [2.24, 2.45) is 0 Å². The summed E-state index contributed by atoms with van der Waals surface area (Å²) in [5.41, 5.74) is 0.304. The Morgan fingerprint density at radius 1 is 1.33 bits per heavy atom. The summed E-state index contributed by atoms with van der Waals surface area (Å²) in [6.07, 6.45) is 3.52. The molecule has 1 aliphatic rings. The van der Waals surface area contributed by atoms with Crippen LogP contribution in [0.1, 0.15) is 45.6 Å². The predicted molar refractivity (Wildman–Crippen MR) is 91.6 cm³/mol. The fourth-order valence-corrected chi connectivity index (χ4v) is 4.22. The van der Waals surface area contributed by atoms with E-state index in [4.69, 9.17) is 4.74 Å². The molecule has 0 bridgehead atoms. The van der Waals surface area contributed by atoms with Crippen LogP contribution in [0, 0.1) is 6.92 Å². The lowest BCUT2D eigenvalue weighted by Gasteiger charge is -2.36. The Kier molecular flexibility index (Phi) is 5.52. The maximum absolute atomic E-state index is 12.6. The molecule has 1 fully saturated rings. The number of hydrogen-bond acceptors (Lipinski definition) is 5. The molecule has 7 heteroatoms. The first-order valence-corrected chi connectivity index (χ1v) is 9.89. The Labute approximate surface area is 144 Å². The second kappa shape index (κ2) is 7.09. The second-order valence-electron chi connectivity index (χ2n) is 7.28. The topological polar surface area (TPSA) is 76.6 Å². The van der Waals surface area contributed by atoms with Gasteiger partial charge in [0.2, 0.25) is 0 Å². The number of carbonyl (C=O) groups is 1. The van der Waals surface area contributed by atoms with Crippen LogP contribution < -0.4 is 0 Å². The number of nitrogens with zero attached hydrogens (tertiary/aromatic N) is 2. The largest absolute Gasteiger partial charge is 0.444 e. The highest BCUT2D eigenvalue weighted by Gasteiger charge is 2.34. The summed E-state index contributed by atoms with van der Waals surface area (Å²) in [6.45, 7) is 7.79. The summed E-state index contributed by atoms with van der Waals surface area (Å²) in [5, 5.41) is 0.0582. The molecule has 0 radical (unpaired) electrons. The van der Waals surface area contributed by atoms with Crippen molar-refractivity contribution in [1.82, 2.24) is 9.88 Å². The van der Waals surface area contributed by atoms with E-state index < -0.39 is 21.5 Å². The Morgan fingerprint density at radius 2 is 2.04 bits per heavy atom. The minimum Gasteiger partial charge on any atom is -0.444 e. The summed E-state index contributed by atoms with van der Waals surface area (Å²) >= 11 is 0. The lowest BCUT2D eigenvalue weighted by Crippen LogP contribution is -2.48. The number of ether oxygens (including phenoxy) is 1. The smallest absolute Gasteiger partial charge is 0.410 e. The summed E-state index contributed by atoms with van der Waals surface area (Å²) in [6, 6.07) is 2.87. The van der Waals surface area contributed by atoms with Crippen molar-refractivity contribution in [3.05, 3.63) is 23.9 Å². The monoisotopic (exact) mass is 354 g/mol. The van der Waals surface area contributed by atoms with E-state index in [0.29, 0.717) is 13.0 Å². The van der Waals surface area contributed by atoms with E-state index in [2.05, 4.69) is 4.98 Å². The molecular formula is C17H26N2O4S. The Hall–Kier alpha value is -1.63. The van der Waals surface area contributed by atoms with Gasteiger partial charge in [0.15, 0.2) is 14.9 Å². The van der Waals surface area contributed by atoms with Gasteiger partial charge >= 0.3 is 6.09 Å². The maximum Gasteiger partial charge on any atom is 0.410 e. The van der Waals surface area contributed by atoms with E-state index in [-0.39, 0.29) is 16.8 Å². The fourth-order valence-electron chi connectivity index (χ4n) is 2.71. The molecule has 2 rings (SSSR count). The minimum absolute atomic E-state index is 0.0582. The Balaban J connectivity index is 2.15. The number of aromatic nitrogens is 1. The first kappa shape index (κ1) is 18.7. The molecule has 1 amide bonds. The van der Waals surface area contributed by atoms with E-state index in [9.17, 15) is 13.2 Å². The van der Waals surface area contributed by atoms with Gasteiger partial charge in [0.1, 0.15) is 5.60 Å². The molecule has 2 heterocycles. The summed E-state index contributed by atoms with van der Waals surface area (Å²) in [7, 11) is -3.55. The van der Waals surface area contributed by atoms with Gasteiger partial charge in [0.25, 0.3) is 0 Å². The van der Waals surface area contributed by atoms with Crippen LogP contribution in [0.2, 0.25) is 0 Å². The fraction of sp³-hybridized carbons (Fsp3) is 0.647. The molecule has 0 unspecified atom stereocenters. The van der Waals surface area contributed by atoms with Crippen LogP contribution in [0.4, 0.5) is 4.79 Å². The molecule has 1 aliphatic heterocycles. The molecule has 6 nitrogen and oxygen atoms in total. The molecule has 0 aliphatic carbocycles. The van der Waals surface area contributed by atoms with Gasteiger partial charge in [-0.3, -0.25) is 0 Å². The van der Waals surface area contributed by atoms with E-state index in [0.717, 1.165) is 18.4 Å². The van der Waals surface area contributed by atoms with Crippen LogP contribution >= 0.6 is 0 Å². The average Bonchev–Trinajstić information content (AvgIpc) is 2.46. The van der Waals surface area contributed by atoms with Gasteiger partial charge in [-0.05, 0) is 58.6 Å². The molecule has 24 heavy (non-hydrogen) atoms. The van der Waals surface area contributed by atoms with E-state index in [1.165, 1.54) is 6.07 Å². The maximum atomic E-state index is 12.6. The number of amides is 1. The van der Waals surface area contributed by atoms with Crippen molar-refractivity contribution >= 4 is 15.9 Å². The minimum atomic E-state index is -3.55. The standard InChI is InChI=1S/C17H26N2O4S/c1-13-8-9-15(18-11-13)24(21,22)12-14-7-5-6-10-19(14)16(20)23-17(2,3)4/h8-9,11,14H,5-7,10,12H2,1-4H3/t14-/m1/s1. The summed E-state index contributed by atoms with van der Waals surface area (Å²) in [5.74, 6) is -0.123.